The molecule has 0 N–H and O–H groups in total. The Morgan fingerprint density at radius 3 is 2.16 bits per heavy atom. The fourth-order valence-corrected chi connectivity index (χ4v) is 3.48. The first-order valence-corrected chi connectivity index (χ1v) is 8.41. The minimum absolute atomic E-state index is 0.0847. The van der Waals surface area contributed by atoms with Gasteiger partial charge in [0.2, 0.25) is 11.8 Å². The summed E-state index contributed by atoms with van der Waals surface area (Å²) in [5.41, 5.74) is 0.532. The van der Waals surface area contributed by atoms with Gasteiger partial charge in [-0.25, -0.2) is 0 Å². The van der Waals surface area contributed by atoms with Gasteiger partial charge >= 0.3 is 0 Å². The average Bonchev–Trinajstić information content (AvgIpc) is 2.99. The molecule has 0 radical (unpaired) electrons. The van der Waals surface area contributed by atoms with Gasteiger partial charge in [0, 0.05) is 37.5 Å². The lowest BCUT2D eigenvalue weighted by Gasteiger charge is -2.35. The van der Waals surface area contributed by atoms with Crippen LogP contribution in [-0.4, -0.2) is 60.9 Å². The van der Waals surface area contributed by atoms with Gasteiger partial charge in [-0.3, -0.25) is 19.3 Å². The molecule has 0 bridgehead atoms. The second-order valence-electron chi connectivity index (χ2n) is 6.25. The highest BCUT2D eigenvalue weighted by atomic mass is 16.5. The number of piperidine rings is 1. The van der Waals surface area contributed by atoms with Crippen LogP contribution in [0.5, 0.6) is 11.5 Å². The Morgan fingerprint density at radius 1 is 1.00 bits per heavy atom. The Morgan fingerprint density at radius 2 is 1.60 bits per heavy atom. The summed E-state index contributed by atoms with van der Waals surface area (Å²) in [4.78, 5) is 39.6. The Bertz CT molecular complexity index is 679. The Kier molecular flexibility index (Phi) is 4.92. The van der Waals surface area contributed by atoms with Gasteiger partial charge in [0.15, 0.2) is 11.5 Å². The van der Waals surface area contributed by atoms with Crippen molar-refractivity contribution >= 4 is 17.7 Å². The monoisotopic (exact) mass is 346 g/mol. The molecule has 0 aliphatic carbocycles. The SMILES string of the molecule is COc1ccc(C(=O)N2CCC(N3C(=O)CCC3=O)CC2)cc1OC. The van der Waals surface area contributed by atoms with E-state index in [4.69, 9.17) is 9.47 Å². The molecule has 0 atom stereocenters. The van der Waals surface area contributed by atoms with Gasteiger partial charge in [0.1, 0.15) is 0 Å². The molecule has 25 heavy (non-hydrogen) atoms. The predicted octanol–water partition coefficient (Wildman–Crippen LogP) is 1.46. The number of hydrogen-bond acceptors (Lipinski definition) is 5. The molecule has 134 valence electrons. The van der Waals surface area contributed by atoms with Gasteiger partial charge in [-0.2, -0.15) is 0 Å². The minimum Gasteiger partial charge on any atom is -0.493 e. The van der Waals surface area contributed by atoms with Crippen molar-refractivity contribution in [2.75, 3.05) is 27.3 Å². The molecule has 2 saturated heterocycles. The lowest BCUT2D eigenvalue weighted by molar-refractivity contribution is -0.141. The zero-order valence-electron chi connectivity index (χ0n) is 14.5. The molecule has 0 saturated carbocycles. The van der Waals surface area contributed by atoms with E-state index >= 15 is 0 Å². The zero-order chi connectivity index (χ0) is 18.0. The summed E-state index contributed by atoms with van der Waals surface area (Å²) in [6.45, 7) is 1.05. The summed E-state index contributed by atoms with van der Waals surface area (Å²) in [5, 5.41) is 0. The van der Waals surface area contributed by atoms with Crippen molar-refractivity contribution in [1.82, 2.24) is 9.80 Å². The molecule has 0 aromatic heterocycles. The number of nitrogens with zero attached hydrogens (tertiary/aromatic N) is 2. The molecule has 2 fully saturated rings. The van der Waals surface area contributed by atoms with E-state index in [1.54, 1.807) is 30.2 Å². The molecule has 1 aromatic rings. The van der Waals surface area contributed by atoms with E-state index in [1.807, 2.05) is 0 Å². The number of carbonyl (C=O) groups is 3. The maximum atomic E-state index is 12.7. The summed E-state index contributed by atoms with van der Waals surface area (Å²) in [5.74, 6) is 0.822. The third-order valence-corrected chi connectivity index (χ3v) is 4.84. The largest absolute Gasteiger partial charge is 0.493 e. The fraction of sp³-hybridized carbons (Fsp3) is 0.500. The first-order valence-electron chi connectivity index (χ1n) is 8.41. The molecule has 2 aliphatic heterocycles. The van der Waals surface area contributed by atoms with Crippen molar-refractivity contribution in [3.8, 4) is 11.5 Å². The van der Waals surface area contributed by atoms with Crippen molar-refractivity contribution in [3.05, 3.63) is 23.8 Å². The normalized spacial score (nSPS) is 18.6. The van der Waals surface area contributed by atoms with E-state index < -0.39 is 0 Å². The lowest BCUT2D eigenvalue weighted by atomic mass is 10.0. The van der Waals surface area contributed by atoms with Crippen molar-refractivity contribution in [2.45, 2.75) is 31.7 Å². The molecular formula is C18H22N2O5. The van der Waals surface area contributed by atoms with Crippen molar-refractivity contribution in [3.63, 3.8) is 0 Å². The molecule has 0 spiro atoms. The summed E-state index contributed by atoms with van der Waals surface area (Å²) in [6.07, 6.45) is 1.86. The highest BCUT2D eigenvalue weighted by molar-refractivity contribution is 6.02. The number of amides is 3. The smallest absolute Gasteiger partial charge is 0.253 e. The fourth-order valence-electron chi connectivity index (χ4n) is 3.48. The maximum Gasteiger partial charge on any atom is 0.253 e. The standard InChI is InChI=1S/C18H22N2O5/c1-24-14-4-3-12(11-15(14)25-2)18(23)19-9-7-13(8-10-19)20-16(21)5-6-17(20)22/h3-4,11,13H,5-10H2,1-2H3. The van der Waals surface area contributed by atoms with Crippen LogP contribution < -0.4 is 9.47 Å². The number of rotatable bonds is 4. The van der Waals surface area contributed by atoms with E-state index in [0.29, 0.717) is 55.8 Å². The van der Waals surface area contributed by atoms with E-state index in [9.17, 15) is 14.4 Å². The number of ether oxygens (including phenoxy) is 2. The lowest BCUT2D eigenvalue weighted by Crippen LogP contribution is -2.48. The highest BCUT2D eigenvalue weighted by Gasteiger charge is 2.37. The molecule has 7 nitrogen and oxygen atoms in total. The van der Waals surface area contributed by atoms with Crippen LogP contribution in [0.4, 0.5) is 0 Å². The highest BCUT2D eigenvalue weighted by Crippen LogP contribution is 2.29. The van der Waals surface area contributed by atoms with Crippen LogP contribution in [0.15, 0.2) is 18.2 Å². The minimum atomic E-state index is -0.0883. The molecule has 2 heterocycles. The molecule has 1 aromatic carbocycles. The Labute approximate surface area is 146 Å². The van der Waals surface area contributed by atoms with Gasteiger partial charge in [-0.15, -0.1) is 0 Å². The van der Waals surface area contributed by atoms with Crippen molar-refractivity contribution < 1.29 is 23.9 Å². The van der Waals surface area contributed by atoms with E-state index in [0.717, 1.165) is 0 Å². The number of hydrogen-bond donors (Lipinski definition) is 0. The predicted molar refractivity (Wildman–Crippen MR) is 89.6 cm³/mol. The maximum absolute atomic E-state index is 12.7. The number of imide groups is 1. The van der Waals surface area contributed by atoms with Crippen LogP contribution in [0.2, 0.25) is 0 Å². The summed E-state index contributed by atoms with van der Waals surface area (Å²) in [7, 11) is 3.08. The van der Waals surface area contributed by atoms with Crippen molar-refractivity contribution in [2.24, 2.45) is 0 Å². The van der Waals surface area contributed by atoms with Gasteiger partial charge in [0.25, 0.3) is 5.91 Å². The van der Waals surface area contributed by atoms with Crippen molar-refractivity contribution in [1.29, 1.82) is 0 Å². The van der Waals surface area contributed by atoms with Crippen LogP contribution >= 0.6 is 0 Å². The van der Waals surface area contributed by atoms with Gasteiger partial charge in [-0.05, 0) is 31.0 Å². The Balaban J connectivity index is 1.65. The number of carbonyl (C=O) groups excluding carboxylic acids is 3. The quantitative estimate of drug-likeness (QED) is 0.772. The van der Waals surface area contributed by atoms with Crippen LogP contribution in [0, 0.1) is 0 Å². The zero-order valence-corrected chi connectivity index (χ0v) is 14.5. The van der Waals surface area contributed by atoms with Gasteiger partial charge < -0.3 is 14.4 Å². The van der Waals surface area contributed by atoms with Crippen LogP contribution in [0.25, 0.3) is 0 Å². The molecule has 2 aliphatic rings. The number of benzene rings is 1. The summed E-state index contributed by atoms with van der Waals surface area (Å²) >= 11 is 0. The summed E-state index contributed by atoms with van der Waals surface area (Å²) < 4.78 is 10.4. The third kappa shape index (κ3) is 3.31. The van der Waals surface area contributed by atoms with E-state index in [-0.39, 0.29) is 23.8 Å². The summed E-state index contributed by atoms with van der Waals surface area (Å²) in [6, 6.07) is 5.00. The Hall–Kier alpha value is -2.57. The average molecular weight is 346 g/mol. The van der Waals surface area contributed by atoms with Crippen LogP contribution in [0.1, 0.15) is 36.0 Å². The molecule has 3 amide bonds. The van der Waals surface area contributed by atoms with Gasteiger partial charge in [0.05, 0.1) is 14.2 Å². The molecule has 3 rings (SSSR count). The number of likely N-dealkylation sites (tertiary alicyclic amines) is 2. The second kappa shape index (κ2) is 7.13. The molecule has 0 unspecified atom stereocenters. The molecular weight excluding hydrogens is 324 g/mol. The topological polar surface area (TPSA) is 76.2 Å². The van der Waals surface area contributed by atoms with Crippen LogP contribution in [-0.2, 0) is 9.59 Å². The first-order chi connectivity index (χ1) is 12.0. The third-order valence-electron chi connectivity index (χ3n) is 4.84. The first kappa shape index (κ1) is 17.3. The number of methoxy groups -OCH3 is 2. The van der Waals surface area contributed by atoms with E-state index in [1.165, 1.54) is 12.0 Å². The van der Waals surface area contributed by atoms with E-state index in [2.05, 4.69) is 0 Å². The van der Waals surface area contributed by atoms with Gasteiger partial charge in [-0.1, -0.05) is 0 Å². The van der Waals surface area contributed by atoms with Crippen LogP contribution in [0.3, 0.4) is 0 Å². The second-order valence-corrected chi connectivity index (χ2v) is 6.25. The molecule has 7 heteroatoms.